The van der Waals surface area contributed by atoms with E-state index < -0.39 is 12.5 Å². The first-order valence-electron chi connectivity index (χ1n) is 9.29. The van der Waals surface area contributed by atoms with E-state index in [0.29, 0.717) is 28.7 Å². The van der Waals surface area contributed by atoms with Gasteiger partial charge in [0.2, 0.25) is 0 Å². The minimum atomic E-state index is -2.87. The Labute approximate surface area is 180 Å². The van der Waals surface area contributed by atoms with Gasteiger partial charge in [-0.25, -0.2) is 4.98 Å². The number of aromatic nitrogens is 3. The second kappa shape index (κ2) is 8.68. The highest BCUT2D eigenvalue weighted by Gasteiger charge is 2.15. The van der Waals surface area contributed by atoms with Crippen molar-refractivity contribution in [2.45, 2.75) is 27.0 Å². The molecule has 0 saturated carbocycles. The lowest BCUT2D eigenvalue weighted by molar-refractivity contribution is -0.0498. The van der Waals surface area contributed by atoms with Crippen molar-refractivity contribution in [2.24, 2.45) is 0 Å². The van der Waals surface area contributed by atoms with Gasteiger partial charge < -0.3 is 9.15 Å². The van der Waals surface area contributed by atoms with E-state index in [0.717, 1.165) is 11.4 Å². The van der Waals surface area contributed by atoms with Gasteiger partial charge >= 0.3 is 6.61 Å². The molecule has 0 atom stereocenters. The first kappa shape index (κ1) is 20.7. The molecule has 3 aromatic heterocycles. The Morgan fingerprint density at radius 2 is 2.00 bits per heavy atom. The van der Waals surface area contributed by atoms with E-state index >= 15 is 0 Å². The number of benzene rings is 1. The molecule has 0 spiro atoms. The highest BCUT2D eigenvalue weighted by Crippen LogP contribution is 2.27. The number of carbonyl (C=O) groups excluding carboxylic acids is 1. The number of ether oxygens (including phenoxy) is 1. The topological polar surface area (TPSA) is 82.2 Å². The fourth-order valence-corrected chi connectivity index (χ4v) is 3.71. The number of halogens is 2. The Balaban J connectivity index is 1.40. The molecule has 1 amide bonds. The lowest BCUT2D eigenvalue weighted by Crippen LogP contribution is -2.10. The number of amides is 1. The summed E-state index contributed by atoms with van der Waals surface area (Å²) >= 11 is 1.25. The molecule has 31 heavy (non-hydrogen) atoms. The van der Waals surface area contributed by atoms with E-state index in [2.05, 4.69) is 20.1 Å². The third-order valence-corrected chi connectivity index (χ3v) is 5.15. The maximum Gasteiger partial charge on any atom is 0.387 e. The van der Waals surface area contributed by atoms with Crippen LogP contribution in [0, 0.1) is 13.8 Å². The molecule has 1 aromatic carbocycles. The summed E-state index contributed by atoms with van der Waals surface area (Å²) in [6.07, 6.45) is 0. The number of furan rings is 1. The van der Waals surface area contributed by atoms with Gasteiger partial charge in [0.1, 0.15) is 11.5 Å². The molecule has 0 fully saturated rings. The maximum absolute atomic E-state index is 12.5. The van der Waals surface area contributed by atoms with Gasteiger partial charge in [-0.2, -0.15) is 13.9 Å². The zero-order valence-corrected chi connectivity index (χ0v) is 17.5. The van der Waals surface area contributed by atoms with Gasteiger partial charge in [-0.1, -0.05) is 0 Å². The molecule has 0 unspecified atom stereocenters. The number of nitrogens with zero attached hydrogens (tertiary/aromatic N) is 3. The summed E-state index contributed by atoms with van der Waals surface area (Å²) in [5.41, 5.74) is 3.24. The highest BCUT2D eigenvalue weighted by atomic mass is 32.1. The van der Waals surface area contributed by atoms with E-state index in [1.54, 1.807) is 34.3 Å². The summed E-state index contributed by atoms with van der Waals surface area (Å²) in [5, 5.41) is 9.24. The number of anilines is 1. The van der Waals surface area contributed by atoms with Crippen molar-refractivity contribution in [2.75, 3.05) is 5.32 Å². The van der Waals surface area contributed by atoms with Crippen LogP contribution in [0.15, 0.2) is 52.3 Å². The summed E-state index contributed by atoms with van der Waals surface area (Å²) in [6.45, 7) is 1.43. The minimum absolute atomic E-state index is 0.0663. The van der Waals surface area contributed by atoms with E-state index in [9.17, 15) is 13.6 Å². The largest absolute Gasteiger partial charge is 0.454 e. The Morgan fingerprint density at radius 3 is 2.68 bits per heavy atom. The van der Waals surface area contributed by atoms with Crippen LogP contribution in [0.3, 0.4) is 0 Å². The van der Waals surface area contributed by atoms with Gasteiger partial charge in [-0.15, -0.1) is 11.3 Å². The fraction of sp³-hybridized carbons (Fsp3) is 0.190. The van der Waals surface area contributed by atoms with Crippen LogP contribution < -0.4 is 10.1 Å². The first-order chi connectivity index (χ1) is 14.9. The quantitative estimate of drug-likeness (QED) is 0.428. The van der Waals surface area contributed by atoms with Crippen LogP contribution in [0.4, 0.5) is 13.9 Å². The van der Waals surface area contributed by atoms with Crippen molar-refractivity contribution in [3.05, 3.63) is 70.8 Å². The van der Waals surface area contributed by atoms with E-state index in [-0.39, 0.29) is 11.5 Å². The SMILES string of the molecule is Cc1cc(C)n(Cc2ccc(C(=O)Nc3nc(-c4ccc(OC(F)F)cc4)cs3)o2)n1. The standard InChI is InChI=1S/C21H18F2N4O3S/c1-12-9-13(2)27(26-12)10-16-7-8-18(29-16)19(28)25-21-24-17(11-31-21)14-3-5-15(6-4-14)30-20(22)23/h3-9,11,20H,10H2,1-2H3,(H,24,25,28). The van der Waals surface area contributed by atoms with E-state index in [1.165, 1.54) is 23.5 Å². The average Bonchev–Trinajstić information content (AvgIpc) is 3.43. The van der Waals surface area contributed by atoms with Crippen molar-refractivity contribution in [1.29, 1.82) is 0 Å². The van der Waals surface area contributed by atoms with Gasteiger partial charge in [0.25, 0.3) is 5.91 Å². The Bertz CT molecular complexity index is 1200. The highest BCUT2D eigenvalue weighted by molar-refractivity contribution is 7.14. The molecule has 7 nitrogen and oxygen atoms in total. The Morgan fingerprint density at radius 1 is 1.23 bits per heavy atom. The van der Waals surface area contributed by atoms with E-state index in [4.69, 9.17) is 4.42 Å². The normalized spacial score (nSPS) is 11.1. The van der Waals surface area contributed by atoms with Gasteiger partial charge in [0.05, 0.1) is 17.9 Å². The summed E-state index contributed by atoms with van der Waals surface area (Å²) in [6, 6.07) is 11.4. The van der Waals surface area contributed by atoms with Crippen molar-refractivity contribution in [1.82, 2.24) is 14.8 Å². The number of alkyl halides is 2. The Hall–Kier alpha value is -3.53. The monoisotopic (exact) mass is 444 g/mol. The second-order valence-electron chi connectivity index (χ2n) is 6.75. The third kappa shape index (κ3) is 4.97. The molecule has 1 N–H and O–H groups in total. The zero-order valence-electron chi connectivity index (χ0n) is 16.6. The molecule has 0 bridgehead atoms. The van der Waals surface area contributed by atoms with Gasteiger partial charge in [0.15, 0.2) is 10.9 Å². The van der Waals surface area contributed by atoms with Crippen molar-refractivity contribution in [3.8, 4) is 17.0 Å². The van der Waals surface area contributed by atoms with Crippen LogP contribution in [0.1, 0.15) is 27.7 Å². The fourth-order valence-electron chi connectivity index (χ4n) is 3.00. The number of thiazole rings is 1. The average molecular weight is 444 g/mol. The Kier molecular flexibility index (Phi) is 5.81. The zero-order chi connectivity index (χ0) is 22.0. The van der Waals surface area contributed by atoms with Gasteiger partial charge in [-0.05, 0) is 56.3 Å². The number of aryl methyl sites for hydroxylation is 2. The smallest absolute Gasteiger partial charge is 0.387 e. The van der Waals surface area contributed by atoms with Crippen LogP contribution in [0.2, 0.25) is 0 Å². The molecular formula is C21H18F2N4O3S. The summed E-state index contributed by atoms with van der Waals surface area (Å²) in [4.78, 5) is 16.9. The molecule has 0 saturated heterocycles. The van der Waals surface area contributed by atoms with Crippen molar-refractivity contribution >= 4 is 22.4 Å². The molecule has 10 heteroatoms. The summed E-state index contributed by atoms with van der Waals surface area (Å²) in [7, 11) is 0. The number of nitrogens with one attached hydrogen (secondary N) is 1. The second-order valence-corrected chi connectivity index (χ2v) is 7.60. The summed E-state index contributed by atoms with van der Waals surface area (Å²) in [5.74, 6) is 0.432. The molecule has 0 aliphatic carbocycles. The third-order valence-electron chi connectivity index (χ3n) is 4.39. The van der Waals surface area contributed by atoms with Crippen LogP contribution in [-0.2, 0) is 6.54 Å². The number of carbonyl (C=O) groups is 1. The number of rotatable bonds is 7. The molecule has 0 aliphatic rings. The van der Waals surface area contributed by atoms with Crippen molar-refractivity contribution in [3.63, 3.8) is 0 Å². The van der Waals surface area contributed by atoms with Gasteiger partial charge in [0, 0.05) is 16.6 Å². The van der Waals surface area contributed by atoms with E-state index in [1.807, 2.05) is 19.9 Å². The van der Waals surface area contributed by atoms with Crippen LogP contribution in [-0.4, -0.2) is 27.3 Å². The lowest BCUT2D eigenvalue weighted by atomic mass is 10.2. The lowest BCUT2D eigenvalue weighted by Gasteiger charge is -2.04. The maximum atomic E-state index is 12.5. The molecule has 160 valence electrons. The molecule has 0 aliphatic heterocycles. The predicted octanol–water partition coefficient (Wildman–Crippen LogP) is 5.12. The number of hydrogen-bond donors (Lipinski definition) is 1. The summed E-state index contributed by atoms with van der Waals surface area (Å²) < 4.78 is 36.3. The molecule has 4 rings (SSSR count). The van der Waals surface area contributed by atoms with Crippen LogP contribution >= 0.6 is 11.3 Å². The first-order valence-corrected chi connectivity index (χ1v) is 10.2. The van der Waals surface area contributed by atoms with Crippen LogP contribution in [0.25, 0.3) is 11.3 Å². The van der Waals surface area contributed by atoms with Crippen LogP contribution in [0.5, 0.6) is 5.75 Å². The molecule has 0 radical (unpaired) electrons. The number of hydrogen-bond acceptors (Lipinski definition) is 6. The molecule has 3 heterocycles. The van der Waals surface area contributed by atoms with Crippen molar-refractivity contribution < 1.29 is 22.7 Å². The minimum Gasteiger partial charge on any atom is -0.454 e. The van der Waals surface area contributed by atoms with Gasteiger partial charge in [-0.3, -0.25) is 14.8 Å². The predicted molar refractivity (Wildman–Crippen MR) is 112 cm³/mol. The molecular weight excluding hydrogens is 426 g/mol. The molecule has 4 aromatic rings.